The molecule has 3 aromatic rings. The van der Waals surface area contributed by atoms with E-state index in [2.05, 4.69) is 47.3 Å². The molecule has 4 fully saturated rings. The van der Waals surface area contributed by atoms with Crippen molar-refractivity contribution in [2.24, 2.45) is 11.8 Å². The molecule has 4 nitrogen and oxygen atoms in total. The van der Waals surface area contributed by atoms with Crippen LogP contribution in [0.5, 0.6) is 0 Å². The molecule has 1 unspecified atom stereocenters. The maximum absolute atomic E-state index is 14.7. The summed E-state index contributed by atoms with van der Waals surface area (Å²) in [6.45, 7) is 4.49. The van der Waals surface area contributed by atoms with E-state index in [4.69, 9.17) is 4.52 Å². The number of hydrogen-bond donors (Lipinski definition) is 0. The van der Waals surface area contributed by atoms with Crippen molar-refractivity contribution in [3.63, 3.8) is 0 Å². The van der Waals surface area contributed by atoms with Crippen molar-refractivity contribution in [1.29, 1.82) is 0 Å². The van der Waals surface area contributed by atoms with Crippen LogP contribution in [0, 0.1) is 11.8 Å². The number of rotatable bonds is 8. The minimum atomic E-state index is -1.33. The summed E-state index contributed by atoms with van der Waals surface area (Å²) in [7, 11) is 0. The second-order valence-corrected chi connectivity index (χ2v) is 12.6. The van der Waals surface area contributed by atoms with Gasteiger partial charge in [0.15, 0.2) is 5.76 Å². The maximum Gasteiger partial charge on any atom is 0.191 e. The first-order chi connectivity index (χ1) is 17.6. The Balaban J connectivity index is 1.20. The number of nitrogens with zero attached hydrogens (tertiary/aromatic N) is 2. The largest absolute Gasteiger partial charge is 0.841 e. The average molecular weight is 503 g/mol. The van der Waals surface area contributed by atoms with Crippen molar-refractivity contribution in [2.45, 2.75) is 68.1 Å². The van der Waals surface area contributed by atoms with E-state index in [1.54, 1.807) is 0 Å². The molecule has 36 heavy (non-hydrogen) atoms. The van der Waals surface area contributed by atoms with Crippen molar-refractivity contribution in [2.75, 3.05) is 19.6 Å². The molecule has 0 radical (unpaired) electrons. The van der Waals surface area contributed by atoms with Gasteiger partial charge >= 0.3 is 0 Å². The lowest BCUT2D eigenvalue weighted by atomic mass is 9.71. The van der Waals surface area contributed by atoms with Crippen LogP contribution in [0.15, 0.2) is 71.3 Å². The second kappa shape index (κ2) is 10.4. The van der Waals surface area contributed by atoms with Crippen LogP contribution >= 0.6 is 11.8 Å². The van der Waals surface area contributed by atoms with E-state index in [0.717, 1.165) is 59.7 Å². The topological polar surface area (TPSA) is 49.1 Å². The Morgan fingerprint density at radius 3 is 2.33 bits per heavy atom. The lowest BCUT2D eigenvalue weighted by Gasteiger charge is -2.52. The molecule has 190 valence electrons. The Hall–Kier alpha value is -2.08. The van der Waals surface area contributed by atoms with Crippen LogP contribution in [0.3, 0.4) is 0 Å². The molecule has 5 heteroatoms. The zero-order chi connectivity index (χ0) is 24.4. The molecule has 4 heterocycles. The molecular weight excluding hydrogens is 464 g/mol. The van der Waals surface area contributed by atoms with Crippen molar-refractivity contribution < 1.29 is 14.1 Å². The van der Waals surface area contributed by atoms with Gasteiger partial charge in [-0.25, -0.2) is 0 Å². The first-order valence-electron chi connectivity index (χ1n) is 13.9. The first kappa shape index (κ1) is 24.3. The Morgan fingerprint density at radius 2 is 1.61 bits per heavy atom. The summed E-state index contributed by atoms with van der Waals surface area (Å²) in [6.07, 6.45) is 8.04. The summed E-state index contributed by atoms with van der Waals surface area (Å²) in [5, 5.41) is 19.8. The first-order valence-corrected chi connectivity index (χ1v) is 14.9. The van der Waals surface area contributed by atoms with Gasteiger partial charge in [-0.3, -0.25) is 0 Å². The zero-order valence-corrected chi connectivity index (χ0v) is 22.0. The van der Waals surface area contributed by atoms with Gasteiger partial charge in [0.2, 0.25) is 0 Å². The Bertz CT molecular complexity index is 1120. The van der Waals surface area contributed by atoms with Crippen LogP contribution in [0.2, 0.25) is 0 Å². The minimum Gasteiger partial charge on any atom is -0.841 e. The summed E-state index contributed by atoms with van der Waals surface area (Å²) in [4.78, 5) is 0. The average Bonchev–Trinajstić information content (AvgIpc) is 3.42. The van der Waals surface area contributed by atoms with E-state index in [-0.39, 0.29) is 5.92 Å². The SMILES string of the molecule is [O-]C(c1ccccc1)(c1cc(C[N+]23CCC(CC2)[C@@H](SCc2ccccc2)C3)on1)C1CCCCC1. The van der Waals surface area contributed by atoms with Gasteiger partial charge in [0.25, 0.3) is 0 Å². The fourth-order valence-corrected chi connectivity index (χ4v) is 8.66. The van der Waals surface area contributed by atoms with Gasteiger partial charge in [-0.05, 0) is 23.0 Å². The number of aromatic nitrogens is 1. The second-order valence-electron chi connectivity index (χ2n) is 11.4. The molecule has 1 aromatic heterocycles. The third kappa shape index (κ3) is 4.78. The van der Waals surface area contributed by atoms with Crippen LogP contribution in [-0.4, -0.2) is 34.5 Å². The van der Waals surface area contributed by atoms with Gasteiger partial charge < -0.3 is 14.1 Å². The smallest absolute Gasteiger partial charge is 0.191 e. The summed E-state index contributed by atoms with van der Waals surface area (Å²) in [6, 6.07) is 22.8. The molecule has 3 saturated heterocycles. The molecule has 0 amide bonds. The zero-order valence-electron chi connectivity index (χ0n) is 21.2. The lowest BCUT2D eigenvalue weighted by Crippen LogP contribution is -2.62. The van der Waals surface area contributed by atoms with Gasteiger partial charge in [-0.2, -0.15) is 0 Å². The highest BCUT2D eigenvalue weighted by Crippen LogP contribution is 2.44. The molecule has 0 spiro atoms. The van der Waals surface area contributed by atoms with Gasteiger partial charge in [-0.1, -0.05) is 103 Å². The van der Waals surface area contributed by atoms with E-state index in [0.29, 0.717) is 10.9 Å². The van der Waals surface area contributed by atoms with E-state index >= 15 is 0 Å². The summed E-state index contributed by atoms with van der Waals surface area (Å²) < 4.78 is 7.04. The third-order valence-electron chi connectivity index (χ3n) is 9.16. The number of benzene rings is 2. The molecule has 2 atom stereocenters. The lowest BCUT2D eigenvalue weighted by molar-refractivity contribution is -0.954. The number of thioether (sulfide) groups is 1. The number of piperidine rings is 3. The van der Waals surface area contributed by atoms with Gasteiger partial charge in [0.1, 0.15) is 6.54 Å². The fourth-order valence-electron chi connectivity index (χ4n) is 7.09. The molecule has 4 aliphatic rings. The number of hydrogen-bond acceptors (Lipinski definition) is 4. The van der Waals surface area contributed by atoms with Crippen LogP contribution < -0.4 is 5.11 Å². The van der Waals surface area contributed by atoms with Crippen LogP contribution in [-0.2, 0) is 17.9 Å². The predicted molar refractivity (Wildman–Crippen MR) is 143 cm³/mol. The summed E-state index contributed by atoms with van der Waals surface area (Å²) >= 11 is 2.14. The van der Waals surface area contributed by atoms with Crippen LogP contribution in [0.4, 0.5) is 0 Å². The third-order valence-corrected chi connectivity index (χ3v) is 10.6. The predicted octanol–water partition coefficient (Wildman–Crippen LogP) is 5.90. The number of quaternary nitrogens is 1. The maximum atomic E-state index is 14.7. The Labute approximate surface area is 219 Å². The molecular formula is C31H38N2O2S. The Morgan fingerprint density at radius 1 is 0.917 bits per heavy atom. The van der Waals surface area contributed by atoms with Crippen molar-refractivity contribution >= 4 is 11.8 Å². The summed E-state index contributed by atoms with van der Waals surface area (Å²) in [5.41, 5.74) is 1.52. The van der Waals surface area contributed by atoms with E-state index in [9.17, 15) is 5.11 Å². The van der Waals surface area contributed by atoms with Crippen LogP contribution in [0.25, 0.3) is 0 Å². The molecule has 1 aliphatic carbocycles. The van der Waals surface area contributed by atoms with Gasteiger partial charge in [-0.15, -0.1) is 11.8 Å². The Kier molecular flexibility index (Phi) is 6.98. The molecule has 0 N–H and O–H groups in total. The molecule has 1 saturated carbocycles. The fraction of sp³-hybridized carbons (Fsp3) is 0.516. The quantitative estimate of drug-likeness (QED) is 0.360. The van der Waals surface area contributed by atoms with Crippen molar-refractivity contribution in [1.82, 2.24) is 5.16 Å². The monoisotopic (exact) mass is 502 g/mol. The van der Waals surface area contributed by atoms with E-state index in [1.165, 1.54) is 44.5 Å². The van der Waals surface area contributed by atoms with Crippen molar-refractivity contribution in [3.05, 3.63) is 89.3 Å². The highest BCUT2D eigenvalue weighted by molar-refractivity contribution is 7.99. The standard InChI is InChI=1S/C31H38N2O2S/c34-31(26-12-6-2-7-13-26,27-14-8-3-9-15-27)30-20-28(35-32-30)21-33-18-16-25(17-19-33)29(22-33)36-23-24-10-4-1-5-11-24/h1-2,4-7,10-13,20,25,27,29H,3,8-9,14-19,21-23H2/t25?,29-,31?,33?/m0/s1. The molecule has 2 aromatic carbocycles. The molecule has 3 aliphatic heterocycles. The van der Waals surface area contributed by atoms with Crippen molar-refractivity contribution in [3.8, 4) is 0 Å². The molecule has 2 bridgehead atoms. The highest BCUT2D eigenvalue weighted by atomic mass is 32.2. The minimum absolute atomic E-state index is 0.0724. The van der Waals surface area contributed by atoms with Gasteiger partial charge in [0.05, 0.1) is 30.6 Å². The van der Waals surface area contributed by atoms with Crippen LogP contribution in [0.1, 0.15) is 67.5 Å². The summed E-state index contributed by atoms with van der Waals surface area (Å²) in [5.74, 6) is 2.89. The van der Waals surface area contributed by atoms with E-state index < -0.39 is 5.60 Å². The molecule has 7 rings (SSSR count). The number of fused-ring (bicyclic) bond motifs is 3. The van der Waals surface area contributed by atoms with E-state index in [1.807, 2.05) is 36.4 Å². The normalized spacial score (nSPS) is 28.1. The van der Waals surface area contributed by atoms with Gasteiger partial charge in [0, 0.05) is 24.7 Å². The highest BCUT2D eigenvalue weighted by Gasteiger charge is 2.46.